The average molecular weight is 273 g/mol. The number of nitrogens with one attached hydrogen (secondary N) is 1. The summed E-state index contributed by atoms with van der Waals surface area (Å²) in [7, 11) is 5.75. The van der Waals surface area contributed by atoms with Crippen molar-refractivity contribution in [2.24, 2.45) is 0 Å². The normalized spacial score (nSPS) is 10.5. The topological polar surface area (TPSA) is 54.9 Å². The Morgan fingerprint density at radius 2 is 2.05 bits per heavy atom. The van der Waals surface area contributed by atoms with Gasteiger partial charge in [0.1, 0.15) is 13.7 Å². The SMILES string of the molecule is [B]c1ccc(C(=O)Nc2ccc3cccnc3n2)cc1C. The fraction of sp³-hybridized carbons (Fsp3) is 0.0625. The third-order valence-corrected chi connectivity index (χ3v) is 3.24. The number of amides is 1. The van der Waals surface area contributed by atoms with Gasteiger partial charge in [-0.2, -0.15) is 0 Å². The molecule has 0 aliphatic rings. The molecule has 2 radical (unpaired) electrons. The van der Waals surface area contributed by atoms with Crippen molar-refractivity contribution in [2.45, 2.75) is 6.92 Å². The van der Waals surface area contributed by atoms with Crippen LogP contribution in [0, 0.1) is 6.92 Å². The smallest absolute Gasteiger partial charge is 0.256 e. The lowest BCUT2D eigenvalue weighted by molar-refractivity contribution is 0.102. The number of aryl methyl sites for hydroxylation is 1. The van der Waals surface area contributed by atoms with E-state index in [4.69, 9.17) is 7.85 Å². The molecule has 0 fully saturated rings. The Morgan fingerprint density at radius 3 is 2.86 bits per heavy atom. The Labute approximate surface area is 123 Å². The Balaban J connectivity index is 1.87. The lowest BCUT2D eigenvalue weighted by Gasteiger charge is -2.07. The van der Waals surface area contributed by atoms with Crippen LogP contribution in [-0.2, 0) is 0 Å². The molecule has 5 heteroatoms. The van der Waals surface area contributed by atoms with Crippen LogP contribution in [0.3, 0.4) is 0 Å². The van der Waals surface area contributed by atoms with E-state index in [0.29, 0.717) is 22.5 Å². The predicted octanol–water partition coefficient (Wildman–Crippen LogP) is 1.98. The summed E-state index contributed by atoms with van der Waals surface area (Å²) in [5, 5.41) is 3.70. The molecule has 0 unspecified atom stereocenters. The zero-order chi connectivity index (χ0) is 14.8. The Bertz CT molecular complexity index is 833. The Hall–Kier alpha value is -2.69. The summed E-state index contributed by atoms with van der Waals surface area (Å²) in [5.41, 5.74) is 2.68. The van der Waals surface area contributed by atoms with E-state index in [1.165, 1.54) is 0 Å². The molecule has 3 rings (SSSR count). The first kappa shape index (κ1) is 13.3. The number of hydrogen-bond donors (Lipinski definition) is 1. The summed E-state index contributed by atoms with van der Waals surface area (Å²) in [6.45, 7) is 1.87. The molecule has 100 valence electrons. The molecule has 0 atom stereocenters. The van der Waals surface area contributed by atoms with Crippen LogP contribution in [0.4, 0.5) is 5.82 Å². The van der Waals surface area contributed by atoms with Gasteiger partial charge < -0.3 is 5.32 Å². The van der Waals surface area contributed by atoms with Crippen molar-refractivity contribution in [2.75, 3.05) is 5.32 Å². The summed E-state index contributed by atoms with van der Waals surface area (Å²) in [6.07, 6.45) is 1.67. The molecule has 1 aromatic carbocycles. The van der Waals surface area contributed by atoms with Gasteiger partial charge in [-0.1, -0.05) is 23.2 Å². The minimum atomic E-state index is -0.221. The van der Waals surface area contributed by atoms with Crippen LogP contribution >= 0.6 is 0 Å². The number of hydrogen-bond acceptors (Lipinski definition) is 3. The highest BCUT2D eigenvalue weighted by Crippen LogP contribution is 2.13. The van der Waals surface area contributed by atoms with Gasteiger partial charge in [0.25, 0.3) is 5.91 Å². The van der Waals surface area contributed by atoms with Gasteiger partial charge in [0.2, 0.25) is 0 Å². The van der Waals surface area contributed by atoms with E-state index >= 15 is 0 Å². The highest BCUT2D eigenvalue weighted by Gasteiger charge is 2.08. The highest BCUT2D eigenvalue weighted by molar-refractivity contribution is 6.33. The molecular weight excluding hydrogens is 261 g/mol. The molecule has 2 heterocycles. The van der Waals surface area contributed by atoms with Crippen LogP contribution in [0.1, 0.15) is 15.9 Å². The standard InChI is InChI=1S/C16H12BN3O/c1-10-9-12(4-6-13(10)17)16(21)20-14-7-5-11-3-2-8-18-15(11)19-14/h2-9H,1H3,(H,18,19,20,21). The molecule has 0 spiro atoms. The van der Waals surface area contributed by atoms with Gasteiger partial charge in [-0.05, 0) is 37.3 Å². The van der Waals surface area contributed by atoms with Crippen LogP contribution in [0.5, 0.6) is 0 Å². The number of carbonyl (C=O) groups is 1. The van der Waals surface area contributed by atoms with Gasteiger partial charge in [0.15, 0.2) is 5.65 Å². The van der Waals surface area contributed by atoms with Gasteiger partial charge in [-0.3, -0.25) is 4.79 Å². The van der Waals surface area contributed by atoms with Crippen molar-refractivity contribution in [3.8, 4) is 0 Å². The van der Waals surface area contributed by atoms with Crippen molar-refractivity contribution < 1.29 is 4.79 Å². The molecular formula is C16H12BN3O. The van der Waals surface area contributed by atoms with Gasteiger partial charge in [0, 0.05) is 17.1 Å². The summed E-state index contributed by atoms with van der Waals surface area (Å²) >= 11 is 0. The number of carbonyl (C=O) groups excluding carboxylic acids is 1. The number of fused-ring (bicyclic) bond motifs is 1. The summed E-state index contributed by atoms with van der Waals surface area (Å²) in [5.74, 6) is 0.251. The van der Waals surface area contributed by atoms with Crippen molar-refractivity contribution in [3.05, 3.63) is 59.8 Å². The van der Waals surface area contributed by atoms with E-state index in [1.54, 1.807) is 30.5 Å². The van der Waals surface area contributed by atoms with Crippen LogP contribution in [0.25, 0.3) is 11.0 Å². The third-order valence-electron chi connectivity index (χ3n) is 3.24. The second-order valence-corrected chi connectivity index (χ2v) is 4.77. The number of nitrogens with zero attached hydrogens (tertiary/aromatic N) is 2. The van der Waals surface area contributed by atoms with Crippen LogP contribution < -0.4 is 10.8 Å². The largest absolute Gasteiger partial charge is 0.306 e. The van der Waals surface area contributed by atoms with Crippen molar-refractivity contribution >= 4 is 36.1 Å². The molecule has 0 aliphatic heterocycles. The fourth-order valence-electron chi connectivity index (χ4n) is 2.03. The first-order chi connectivity index (χ1) is 10.1. The first-order valence-electron chi connectivity index (χ1n) is 6.53. The zero-order valence-corrected chi connectivity index (χ0v) is 11.5. The molecule has 0 saturated carbocycles. The quantitative estimate of drug-likeness (QED) is 0.726. The lowest BCUT2D eigenvalue weighted by atomic mass is 9.90. The Kier molecular flexibility index (Phi) is 3.40. The molecule has 0 bridgehead atoms. The molecule has 0 saturated heterocycles. The number of anilines is 1. The maximum atomic E-state index is 12.2. The van der Waals surface area contributed by atoms with E-state index in [0.717, 1.165) is 10.9 Å². The van der Waals surface area contributed by atoms with Crippen LogP contribution in [0.2, 0.25) is 0 Å². The number of pyridine rings is 2. The summed E-state index contributed by atoms with van der Waals surface area (Å²) in [6, 6.07) is 12.6. The molecule has 21 heavy (non-hydrogen) atoms. The number of benzene rings is 1. The summed E-state index contributed by atoms with van der Waals surface area (Å²) < 4.78 is 0. The van der Waals surface area contributed by atoms with E-state index in [1.807, 2.05) is 25.1 Å². The number of aromatic nitrogens is 2. The molecule has 4 nitrogen and oxygen atoms in total. The second-order valence-electron chi connectivity index (χ2n) is 4.77. The van der Waals surface area contributed by atoms with Gasteiger partial charge >= 0.3 is 0 Å². The van der Waals surface area contributed by atoms with Gasteiger partial charge in [-0.15, -0.1) is 0 Å². The first-order valence-corrected chi connectivity index (χ1v) is 6.53. The number of rotatable bonds is 2. The Morgan fingerprint density at radius 1 is 1.19 bits per heavy atom. The molecule has 1 amide bonds. The maximum absolute atomic E-state index is 12.2. The summed E-state index contributed by atoms with van der Waals surface area (Å²) in [4.78, 5) is 20.7. The molecule has 0 aliphatic carbocycles. The zero-order valence-electron chi connectivity index (χ0n) is 11.5. The van der Waals surface area contributed by atoms with Crippen molar-refractivity contribution in [3.63, 3.8) is 0 Å². The van der Waals surface area contributed by atoms with Crippen molar-refractivity contribution in [1.29, 1.82) is 0 Å². The molecule has 1 N–H and O–H groups in total. The minimum absolute atomic E-state index is 0.221. The third kappa shape index (κ3) is 2.77. The minimum Gasteiger partial charge on any atom is -0.306 e. The predicted molar refractivity (Wildman–Crippen MR) is 84.1 cm³/mol. The van der Waals surface area contributed by atoms with E-state index < -0.39 is 0 Å². The van der Waals surface area contributed by atoms with E-state index in [9.17, 15) is 4.79 Å². The van der Waals surface area contributed by atoms with Gasteiger partial charge in [0.05, 0.1) is 0 Å². The average Bonchev–Trinajstić information content (AvgIpc) is 2.50. The van der Waals surface area contributed by atoms with Crippen LogP contribution in [-0.4, -0.2) is 23.7 Å². The van der Waals surface area contributed by atoms with E-state index in [2.05, 4.69) is 15.3 Å². The van der Waals surface area contributed by atoms with Crippen molar-refractivity contribution in [1.82, 2.24) is 9.97 Å². The molecule has 3 aromatic rings. The lowest BCUT2D eigenvalue weighted by Crippen LogP contribution is -2.15. The van der Waals surface area contributed by atoms with Gasteiger partial charge in [-0.25, -0.2) is 9.97 Å². The monoisotopic (exact) mass is 273 g/mol. The maximum Gasteiger partial charge on any atom is 0.256 e. The molecule has 2 aromatic heterocycles. The van der Waals surface area contributed by atoms with E-state index in [-0.39, 0.29) is 5.91 Å². The fourth-order valence-corrected chi connectivity index (χ4v) is 2.03. The van der Waals surface area contributed by atoms with Crippen LogP contribution in [0.15, 0.2) is 48.7 Å². The second kappa shape index (κ2) is 5.36. The highest BCUT2D eigenvalue weighted by atomic mass is 16.1.